The molecule has 1 aliphatic heterocycles. The van der Waals surface area contributed by atoms with Crippen molar-refractivity contribution in [1.82, 2.24) is 10.2 Å². The minimum absolute atomic E-state index is 0.0296. The van der Waals surface area contributed by atoms with Gasteiger partial charge in [0.15, 0.2) is 5.67 Å². The maximum atomic E-state index is 14.7. The molecule has 1 saturated heterocycles. The molecule has 0 aromatic heterocycles. The predicted molar refractivity (Wildman–Crippen MR) is 84.7 cm³/mol. The Morgan fingerprint density at radius 1 is 1.26 bits per heavy atom. The third kappa shape index (κ3) is 4.76. The van der Waals surface area contributed by atoms with Gasteiger partial charge in [0, 0.05) is 39.6 Å². The Balaban J connectivity index is 1.82. The normalized spacial score (nSPS) is 16.9. The molecule has 0 spiro atoms. The molecule has 126 valence electrons. The van der Waals surface area contributed by atoms with Crippen molar-refractivity contribution in [2.75, 3.05) is 33.4 Å². The lowest BCUT2D eigenvalue weighted by Crippen LogP contribution is -2.52. The van der Waals surface area contributed by atoms with Crippen LogP contribution in [0.25, 0.3) is 0 Å². The second-order valence-corrected chi connectivity index (χ2v) is 5.76. The zero-order valence-electron chi connectivity index (χ0n) is 13.4. The zero-order chi connectivity index (χ0) is 16.7. The van der Waals surface area contributed by atoms with Crippen LogP contribution in [0.15, 0.2) is 30.3 Å². The first-order valence-corrected chi connectivity index (χ1v) is 7.83. The quantitative estimate of drug-likeness (QED) is 0.804. The number of carbonyl (C=O) groups excluding carboxylic acids is 2. The molecule has 1 aromatic carbocycles. The number of rotatable bonds is 6. The Morgan fingerprint density at radius 3 is 2.52 bits per heavy atom. The van der Waals surface area contributed by atoms with E-state index in [0.29, 0.717) is 13.0 Å². The van der Waals surface area contributed by atoms with E-state index in [1.807, 2.05) is 30.3 Å². The Kier molecular flexibility index (Phi) is 6.10. The number of nitrogens with one attached hydrogen (secondary N) is 1. The van der Waals surface area contributed by atoms with Crippen molar-refractivity contribution in [3.8, 4) is 0 Å². The lowest BCUT2D eigenvalue weighted by atomic mass is 9.92. The van der Waals surface area contributed by atoms with Crippen LogP contribution in [0.3, 0.4) is 0 Å². The number of halogens is 1. The molecule has 6 heteroatoms. The van der Waals surface area contributed by atoms with Crippen molar-refractivity contribution in [3.63, 3.8) is 0 Å². The summed E-state index contributed by atoms with van der Waals surface area (Å²) in [4.78, 5) is 25.8. The molecule has 23 heavy (non-hydrogen) atoms. The standard InChI is InChI=1S/C17H23FN2O3/c1-23-12-9-19-16(22)17(18)7-10-20(11-8-17)15(21)13-14-5-3-2-4-6-14/h2-6H,7-13H2,1H3,(H,19,22). The number of alkyl halides is 1. The molecular formula is C17H23FN2O3. The number of carbonyl (C=O) groups is 2. The van der Waals surface area contributed by atoms with Crippen molar-refractivity contribution in [2.24, 2.45) is 0 Å². The first-order chi connectivity index (χ1) is 11.0. The highest BCUT2D eigenvalue weighted by Gasteiger charge is 2.42. The van der Waals surface area contributed by atoms with E-state index in [1.165, 1.54) is 7.11 Å². The number of nitrogens with zero attached hydrogens (tertiary/aromatic N) is 1. The fourth-order valence-electron chi connectivity index (χ4n) is 2.64. The molecule has 1 aliphatic rings. The highest BCUT2D eigenvalue weighted by atomic mass is 19.1. The summed E-state index contributed by atoms with van der Waals surface area (Å²) in [6, 6.07) is 9.45. The van der Waals surface area contributed by atoms with Gasteiger partial charge in [-0.05, 0) is 5.56 Å². The molecule has 0 bridgehead atoms. The van der Waals surface area contributed by atoms with E-state index < -0.39 is 11.6 Å². The van der Waals surface area contributed by atoms with Crippen LogP contribution in [0.2, 0.25) is 0 Å². The Labute approximate surface area is 135 Å². The lowest BCUT2D eigenvalue weighted by molar-refractivity contribution is -0.142. The maximum Gasteiger partial charge on any atom is 0.257 e. The Hall–Kier alpha value is -1.95. The minimum atomic E-state index is -1.89. The van der Waals surface area contributed by atoms with Crippen molar-refractivity contribution in [1.29, 1.82) is 0 Å². The highest BCUT2D eigenvalue weighted by molar-refractivity contribution is 5.86. The van der Waals surface area contributed by atoms with Crippen molar-refractivity contribution in [3.05, 3.63) is 35.9 Å². The fraction of sp³-hybridized carbons (Fsp3) is 0.529. The molecule has 1 N–H and O–H groups in total. The zero-order valence-corrected chi connectivity index (χ0v) is 13.4. The van der Waals surface area contributed by atoms with Gasteiger partial charge in [-0.2, -0.15) is 0 Å². The predicted octanol–water partition coefficient (Wildman–Crippen LogP) is 1.32. The van der Waals surface area contributed by atoms with Gasteiger partial charge in [-0.3, -0.25) is 9.59 Å². The van der Waals surface area contributed by atoms with Crippen LogP contribution in [0.5, 0.6) is 0 Å². The van der Waals surface area contributed by atoms with Crippen molar-refractivity contribution < 1.29 is 18.7 Å². The number of likely N-dealkylation sites (tertiary alicyclic amines) is 1. The van der Waals surface area contributed by atoms with Gasteiger partial charge in [-0.15, -0.1) is 0 Å². The molecule has 5 nitrogen and oxygen atoms in total. The van der Waals surface area contributed by atoms with E-state index in [4.69, 9.17) is 4.74 Å². The van der Waals surface area contributed by atoms with E-state index in [-0.39, 0.29) is 38.4 Å². The smallest absolute Gasteiger partial charge is 0.257 e. The third-order valence-corrected chi connectivity index (χ3v) is 4.11. The van der Waals surface area contributed by atoms with E-state index in [0.717, 1.165) is 5.56 Å². The number of piperidine rings is 1. The molecule has 0 aliphatic carbocycles. The summed E-state index contributed by atoms with van der Waals surface area (Å²) in [6.45, 7) is 1.17. The van der Waals surface area contributed by atoms with Gasteiger partial charge in [0.2, 0.25) is 5.91 Å². The second kappa shape index (κ2) is 8.06. The minimum Gasteiger partial charge on any atom is -0.383 e. The van der Waals surface area contributed by atoms with Crippen LogP contribution in [0.1, 0.15) is 18.4 Å². The largest absolute Gasteiger partial charge is 0.383 e. The summed E-state index contributed by atoms with van der Waals surface area (Å²) in [6.07, 6.45) is 0.374. The average molecular weight is 322 g/mol. The molecule has 2 rings (SSSR count). The summed E-state index contributed by atoms with van der Waals surface area (Å²) < 4.78 is 19.5. The van der Waals surface area contributed by atoms with Gasteiger partial charge in [-0.1, -0.05) is 30.3 Å². The molecule has 0 saturated carbocycles. The third-order valence-electron chi connectivity index (χ3n) is 4.11. The van der Waals surface area contributed by atoms with Crippen molar-refractivity contribution >= 4 is 11.8 Å². The molecule has 2 amide bonds. The fourth-order valence-corrected chi connectivity index (χ4v) is 2.64. The van der Waals surface area contributed by atoms with Gasteiger partial charge in [0.1, 0.15) is 0 Å². The Morgan fingerprint density at radius 2 is 1.91 bits per heavy atom. The van der Waals surface area contributed by atoms with Crippen LogP contribution in [0, 0.1) is 0 Å². The molecule has 0 unspecified atom stereocenters. The highest BCUT2D eigenvalue weighted by Crippen LogP contribution is 2.27. The second-order valence-electron chi connectivity index (χ2n) is 5.76. The van der Waals surface area contributed by atoms with E-state index in [9.17, 15) is 14.0 Å². The number of ether oxygens (including phenoxy) is 1. The van der Waals surface area contributed by atoms with Crippen LogP contribution in [-0.4, -0.2) is 55.7 Å². The summed E-state index contributed by atoms with van der Waals surface area (Å²) in [5.41, 5.74) is -0.955. The van der Waals surface area contributed by atoms with Gasteiger partial charge >= 0.3 is 0 Å². The van der Waals surface area contributed by atoms with Crippen LogP contribution < -0.4 is 5.32 Å². The molecular weight excluding hydrogens is 299 g/mol. The van der Waals surface area contributed by atoms with Crippen LogP contribution in [-0.2, 0) is 20.7 Å². The van der Waals surface area contributed by atoms with E-state index >= 15 is 0 Å². The summed E-state index contributed by atoms with van der Waals surface area (Å²) >= 11 is 0. The van der Waals surface area contributed by atoms with Crippen LogP contribution in [0.4, 0.5) is 4.39 Å². The summed E-state index contributed by atoms with van der Waals surface area (Å²) in [5.74, 6) is -0.636. The average Bonchev–Trinajstić information content (AvgIpc) is 2.56. The number of methoxy groups -OCH3 is 1. The first-order valence-electron chi connectivity index (χ1n) is 7.83. The van der Waals surface area contributed by atoms with Crippen molar-refractivity contribution in [2.45, 2.75) is 24.9 Å². The van der Waals surface area contributed by atoms with E-state index in [2.05, 4.69) is 5.32 Å². The van der Waals surface area contributed by atoms with Gasteiger partial charge in [0.25, 0.3) is 5.91 Å². The molecule has 1 aromatic rings. The molecule has 1 heterocycles. The first kappa shape index (κ1) is 17.4. The molecule has 1 fully saturated rings. The van der Waals surface area contributed by atoms with Gasteiger partial charge in [0.05, 0.1) is 13.0 Å². The molecule has 0 radical (unpaired) electrons. The number of amides is 2. The van der Waals surface area contributed by atoms with Gasteiger partial charge < -0.3 is 15.0 Å². The van der Waals surface area contributed by atoms with Gasteiger partial charge in [-0.25, -0.2) is 4.39 Å². The summed E-state index contributed by atoms with van der Waals surface area (Å²) in [7, 11) is 1.52. The maximum absolute atomic E-state index is 14.7. The SMILES string of the molecule is COCCNC(=O)C1(F)CCN(C(=O)Cc2ccccc2)CC1. The number of benzene rings is 1. The monoisotopic (exact) mass is 322 g/mol. The topological polar surface area (TPSA) is 58.6 Å². The molecule has 0 atom stereocenters. The van der Waals surface area contributed by atoms with E-state index in [1.54, 1.807) is 4.90 Å². The number of hydrogen-bond acceptors (Lipinski definition) is 3. The number of hydrogen-bond donors (Lipinski definition) is 1. The Bertz CT molecular complexity index is 528. The summed E-state index contributed by atoms with van der Waals surface area (Å²) in [5, 5.41) is 2.54. The van der Waals surface area contributed by atoms with Crippen LogP contribution >= 0.6 is 0 Å². The lowest BCUT2D eigenvalue weighted by Gasteiger charge is -2.35.